The molecule has 0 radical (unpaired) electrons. The molecular weight excluding hydrogens is 530 g/mol. The number of hydrogen-bond donors (Lipinski definition) is 1. The first kappa shape index (κ1) is 28.2. The summed E-state index contributed by atoms with van der Waals surface area (Å²) in [5, 5.41) is 1.04. The van der Waals surface area contributed by atoms with Gasteiger partial charge in [0.05, 0.1) is 18.5 Å². The fourth-order valence-electron chi connectivity index (χ4n) is 6.07. The number of pyridine rings is 2. The highest BCUT2D eigenvalue weighted by atomic mass is 16.5. The van der Waals surface area contributed by atoms with E-state index in [-0.39, 0.29) is 23.8 Å². The zero-order valence-electron chi connectivity index (χ0n) is 25.3. The van der Waals surface area contributed by atoms with E-state index < -0.39 is 0 Å². The van der Waals surface area contributed by atoms with Crippen LogP contribution in [0.1, 0.15) is 66.7 Å². The number of rotatable bonds is 8. The number of imidazole rings is 1. The summed E-state index contributed by atoms with van der Waals surface area (Å²) in [7, 11) is 5.19. The molecule has 0 unspecified atom stereocenters. The molecule has 4 aromatic rings. The van der Waals surface area contributed by atoms with Crippen molar-refractivity contribution in [3.63, 3.8) is 0 Å². The van der Waals surface area contributed by atoms with E-state index >= 15 is 0 Å². The summed E-state index contributed by atoms with van der Waals surface area (Å²) in [6, 6.07) is 9.96. The van der Waals surface area contributed by atoms with Gasteiger partial charge in [-0.2, -0.15) is 0 Å². The van der Waals surface area contributed by atoms with Crippen LogP contribution in [0.2, 0.25) is 0 Å². The normalized spacial score (nSPS) is 18.0. The number of amides is 2. The molecule has 222 valence electrons. The summed E-state index contributed by atoms with van der Waals surface area (Å²) in [6.07, 6.45) is 4.67. The molecule has 10 nitrogen and oxygen atoms in total. The molecule has 2 aliphatic rings. The number of nitrogens with two attached hydrogens (primary N) is 1. The first-order valence-corrected chi connectivity index (χ1v) is 15.0. The predicted octanol–water partition coefficient (Wildman–Crippen LogP) is 4.22. The van der Waals surface area contributed by atoms with Gasteiger partial charge in [-0.25, -0.2) is 9.97 Å². The van der Waals surface area contributed by atoms with Gasteiger partial charge in [0, 0.05) is 74.8 Å². The number of aromatic nitrogens is 4. The Kier molecular flexibility index (Phi) is 7.43. The molecule has 0 spiro atoms. The fourth-order valence-corrected chi connectivity index (χ4v) is 6.07. The minimum Gasteiger partial charge on any atom is -0.482 e. The first-order valence-electron chi connectivity index (χ1n) is 15.0. The van der Waals surface area contributed by atoms with Crippen molar-refractivity contribution < 1.29 is 14.3 Å². The minimum atomic E-state index is -0.0467. The summed E-state index contributed by atoms with van der Waals surface area (Å²) in [5.74, 6) is 1.23. The Hall–Kier alpha value is -3.92. The van der Waals surface area contributed by atoms with Gasteiger partial charge in [0.25, 0.3) is 5.91 Å². The van der Waals surface area contributed by atoms with Crippen molar-refractivity contribution in [3.8, 4) is 17.3 Å². The molecule has 2 atom stereocenters. The van der Waals surface area contributed by atoms with Crippen molar-refractivity contribution in [2.24, 2.45) is 11.7 Å². The predicted molar refractivity (Wildman–Crippen MR) is 163 cm³/mol. The molecule has 2 fully saturated rings. The maximum atomic E-state index is 13.5. The highest BCUT2D eigenvalue weighted by Gasteiger charge is 2.28. The number of piperidine rings is 1. The molecule has 1 aliphatic heterocycles. The third-order valence-electron chi connectivity index (χ3n) is 8.75. The molecule has 2 amide bonds. The second-order valence-corrected chi connectivity index (χ2v) is 12.3. The van der Waals surface area contributed by atoms with Crippen LogP contribution >= 0.6 is 0 Å². The zero-order chi connectivity index (χ0) is 29.7. The molecule has 5 heterocycles. The van der Waals surface area contributed by atoms with Crippen molar-refractivity contribution >= 4 is 28.5 Å². The van der Waals surface area contributed by atoms with Gasteiger partial charge in [-0.15, -0.1) is 0 Å². The van der Waals surface area contributed by atoms with Gasteiger partial charge in [-0.1, -0.05) is 6.92 Å². The Morgan fingerprint density at radius 2 is 1.93 bits per heavy atom. The van der Waals surface area contributed by atoms with E-state index in [1.807, 2.05) is 28.4 Å². The summed E-state index contributed by atoms with van der Waals surface area (Å²) in [5.41, 5.74) is 12.0. The van der Waals surface area contributed by atoms with Crippen LogP contribution < -0.4 is 10.5 Å². The van der Waals surface area contributed by atoms with E-state index in [0.717, 1.165) is 53.2 Å². The number of nitrogens with zero attached hydrogens (tertiary/aromatic N) is 6. The van der Waals surface area contributed by atoms with Crippen LogP contribution in [0.25, 0.3) is 28.1 Å². The average molecular weight is 572 g/mol. The van der Waals surface area contributed by atoms with Gasteiger partial charge < -0.3 is 24.8 Å². The summed E-state index contributed by atoms with van der Waals surface area (Å²) >= 11 is 0. The fraction of sp³-hybridized carbons (Fsp3) is 0.500. The highest BCUT2D eigenvalue weighted by Crippen LogP contribution is 2.37. The number of likely N-dealkylation sites (tertiary alicyclic amines) is 1. The van der Waals surface area contributed by atoms with Gasteiger partial charge in [0.15, 0.2) is 5.88 Å². The standard InChI is InChI=1S/C32H41N7O3/c1-19(13-28(40)36(3)4)25-11-10-22-14-26(38(31(22)34-25)17-21-8-9-21)30-20(2)39-27(35-30)15-23(16-29(39)42-5)32(41)37-12-6-7-24(33)18-37/h10-11,14-16,19,21,24H,6-9,12-13,17-18,33H2,1-5H3/t19-,24+/m0/s1. The van der Waals surface area contributed by atoms with E-state index in [2.05, 4.69) is 23.6 Å². The van der Waals surface area contributed by atoms with Crippen molar-refractivity contribution in [3.05, 3.63) is 47.3 Å². The summed E-state index contributed by atoms with van der Waals surface area (Å²) in [6.45, 7) is 6.22. The molecule has 1 aliphatic carbocycles. The number of carbonyl (C=O) groups excluding carboxylic acids is 2. The van der Waals surface area contributed by atoms with Crippen LogP contribution in [0.3, 0.4) is 0 Å². The Balaban J connectivity index is 1.43. The maximum Gasteiger partial charge on any atom is 0.254 e. The minimum absolute atomic E-state index is 0.00336. The van der Waals surface area contributed by atoms with Gasteiger partial charge in [-0.3, -0.25) is 14.0 Å². The monoisotopic (exact) mass is 571 g/mol. The second kappa shape index (κ2) is 11.1. The molecule has 6 rings (SSSR count). The molecule has 0 aromatic carbocycles. The molecule has 4 aromatic heterocycles. The van der Waals surface area contributed by atoms with Gasteiger partial charge >= 0.3 is 0 Å². The lowest BCUT2D eigenvalue weighted by molar-refractivity contribution is -0.129. The maximum absolute atomic E-state index is 13.5. The van der Waals surface area contributed by atoms with E-state index in [0.29, 0.717) is 42.5 Å². The van der Waals surface area contributed by atoms with Crippen molar-refractivity contribution in [1.82, 2.24) is 28.7 Å². The summed E-state index contributed by atoms with van der Waals surface area (Å²) in [4.78, 5) is 39.5. The Bertz CT molecular complexity index is 1670. The third-order valence-corrected chi connectivity index (χ3v) is 8.75. The largest absolute Gasteiger partial charge is 0.482 e. The van der Waals surface area contributed by atoms with Crippen molar-refractivity contribution in [2.75, 3.05) is 34.3 Å². The van der Waals surface area contributed by atoms with Crippen LogP contribution in [0.15, 0.2) is 30.3 Å². The van der Waals surface area contributed by atoms with E-state index in [1.165, 1.54) is 12.8 Å². The highest BCUT2D eigenvalue weighted by molar-refractivity contribution is 5.96. The summed E-state index contributed by atoms with van der Waals surface area (Å²) < 4.78 is 10.1. The number of carbonyl (C=O) groups is 2. The van der Waals surface area contributed by atoms with E-state index in [4.69, 9.17) is 20.4 Å². The Morgan fingerprint density at radius 1 is 1.14 bits per heavy atom. The zero-order valence-corrected chi connectivity index (χ0v) is 25.3. The number of ether oxygens (including phenoxy) is 1. The molecule has 10 heteroatoms. The van der Waals surface area contributed by atoms with Gasteiger partial charge in [0.1, 0.15) is 17.0 Å². The molecule has 1 saturated heterocycles. The van der Waals surface area contributed by atoms with Crippen LogP contribution in [0, 0.1) is 12.8 Å². The van der Waals surface area contributed by atoms with E-state index in [1.54, 1.807) is 32.2 Å². The number of fused-ring (bicyclic) bond motifs is 2. The second-order valence-electron chi connectivity index (χ2n) is 12.3. The van der Waals surface area contributed by atoms with Crippen molar-refractivity contribution in [2.45, 2.75) is 64.5 Å². The van der Waals surface area contributed by atoms with E-state index in [9.17, 15) is 9.59 Å². The number of methoxy groups -OCH3 is 1. The Labute approximate surface area is 246 Å². The lowest BCUT2D eigenvalue weighted by atomic mass is 10.0. The van der Waals surface area contributed by atoms with Gasteiger partial charge in [-0.05, 0) is 62.8 Å². The van der Waals surface area contributed by atoms with Crippen LogP contribution in [-0.2, 0) is 11.3 Å². The quantitative estimate of drug-likeness (QED) is 0.339. The molecule has 42 heavy (non-hydrogen) atoms. The van der Waals surface area contributed by atoms with Crippen LogP contribution in [-0.4, -0.2) is 80.9 Å². The van der Waals surface area contributed by atoms with Gasteiger partial charge in [0.2, 0.25) is 5.91 Å². The number of aryl methyl sites for hydroxylation is 1. The first-order chi connectivity index (χ1) is 20.1. The average Bonchev–Trinajstić information content (AvgIpc) is 3.65. The van der Waals surface area contributed by atoms with Crippen LogP contribution in [0.5, 0.6) is 5.88 Å². The smallest absolute Gasteiger partial charge is 0.254 e. The third kappa shape index (κ3) is 5.24. The van der Waals surface area contributed by atoms with Crippen molar-refractivity contribution in [1.29, 1.82) is 0 Å². The molecular formula is C32H41N7O3. The molecule has 0 bridgehead atoms. The Morgan fingerprint density at radius 3 is 2.62 bits per heavy atom. The SMILES string of the molecule is COc1cc(C(=O)N2CCC[C@@H](N)C2)cc2nc(-c3cc4ccc([C@@H](C)CC(=O)N(C)C)nc4n3CC3CC3)c(C)n12. The lowest BCUT2D eigenvalue weighted by Gasteiger charge is -2.30. The topological polar surface area (TPSA) is 111 Å². The lowest BCUT2D eigenvalue weighted by Crippen LogP contribution is -2.45. The van der Waals surface area contributed by atoms with Crippen LogP contribution in [0.4, 0.5) is 0 Å². The molecule has 1 saturated carbocycles. The molecule has 2 N–H and O–H groups in total. The number of hydrogen-bond acceptors (Lipinski definition) is 6.